The maximum absolute atomic E-state index is 12.2. The van der Waals surface area contributed by atoms with E-state index in [9.17, 15) is 9.59 Å². The van der Waals surface area contributed by atoms with Crippen LogP contribution in [0.2, 0.25) is 0 Å². The Labute approximate surface area is 155 Å². The lowest BCUT2D eigenvalue weighted by molar-refractivity contribution is -0.131. The fraction of sp³-hybridized carbons (Fsp3) is 0.737. The van der Waals surface area contributed by atoms with Crippen LogP contribution in [0.4, 0.5) is 5.13 Å². The van der Waals surface area contributed by atoms with Crippen molar-refractivity contribution in [1.29, 1.82) is 0 Å². The number of nitrogens with zero attached hydrogens (tertiary/aromatic N) is 2. The zero-order valence-electron chi connectivity index (χ0n) is 15.6. The van der Waals surface area contributed by atoms with Gasteiger partial charge in [0.25, 0.3) is 0 Å². The molecule has 2 rings (SSSR count). The number of fused-ring (bicyclic) bond motifs is 1. The Balaban J connectivity index is 1.74. The number of hydrogen-bond donors (Lipinski definition) is 1. The molecule has 0 spiro atoms. The van der Waals surface area contributed by atoms with Crippen LogP contribution in [-0.2, 0) is 22.4 Å². The predicted octanol–water partition coefficient (Wildman–Crippen LogP) is 4.17. The summed E-state index contributed by atoms with van der Waals surface area (Å²) in [6.45, 7) is 5.78. The average molecular weight is 366 g/mol. The Kier molecular flexibility index (Phi) is 8.38. The molecule has 1 N–H and O–H groups in total. The number of hydrogen-bond acceptors (Lipinski definition) is 4. The highest BCUT2D eigenvalue weighted by atomic mass is 32.1. The van der Waals surface area contributed by atoms with Crippen LogP contribution in [0.5, 0.6) is 0 Å². The van der Waals surface area contributed by atoms with Crippen LogP contribution < -0.4 is 5.32 Å². The van der Waals surface area contributed by atoms with Gasteiger partial charge in [0, 0.05) is 30.8 Å². The van der Waals surface area contributed by atoms with Gasteiger partial charge in [-0.1, -0.05) is 20.3 Å². The second-order valence-electron chi connectivity index (χ2n) is 6.73. The smallest absolute Gasteiger partial charge is 0.226 e. The van der Waals surface area contributed by atoms with Crippen molar-refractivity contribution in [3.63, 3.8) is 0 Å². The largest absolute Gasteiger partial charge is 0.343 e. The first-order chi connectivity index (χ1) is 12.1. The summed E-state index contributed by atoms with van der Waals surface area (Å²) in [5.74, 6) is 0.131. The molecule has 0 unspecified atom stereocenters. The molecule has 1 aromatic rings. The number of nitrogens with one attached hydrogen (secondary N) is 1. The van der Waals surface area contributed by atoms with E-state index in [4.69, 9.17) is 0 Å². The van der Waals surface area contributed by atoms with E-state index in [0.717, 1.165) is 43.9 Å². The molecule has 1 aliphatic rings. The standard InChI is InChI=1S/C19H31N3O2S/c1-3-13-22(14-4-2)18(24)12-8-11-17(23)21-19-20-15-9-6-5-7-10-16(15)25-19/h3-14H2,1-2H3,(H,20,21,23). The van der Waals surface area contributed by atoms with E-state index in [1.165, 1.54) is 29.8 Å². The number of amides is 2. The SMILES string of the molecule is CCCN(CCC)C(=O)CCCC(=O)Nc1nc2c(s1)CCCCC2. The average Bonchev–Trinajstić information content (AvgIpc) is 2.82. The first-order valence-corrected chi connectivity index (χ1v) is 10.5. The third-order valence-electron chi connectivity index (χ3n) is 4.48. The molecular weight excluding hydrogens is 334 g/mol. The summed E-state index contributed by atoms with van der Waals surface area (Å²) in [6, 6.07) is 0. The Morgan fingerprint density at radius 2 is 1.80 bits per heavy atom. The third kappa shape index (κ3) is 6.42. The molecule has 0 saturated heterocycles. The van der Waals surface area contributed by atoms with Crippen LogP contribution in [0.3, 0.4) is 0 Å². The van der Waals surface area contributed by atoms with Crippen LogP contribution in [0, 0.1) is 0 Å². The Morgan fingerprint density at radius 1 is 1.08 bits per heavy atom. The van der Waals surface area contributed by atoms with Crippen molar-refractivity contribution in [3.05, 3.63) is 10.6 Å². The molecule has 0 fully saturated rings. The molecule has 5 nitrogen and oxygen atoms in total. The summed E-state index contributed by atoms with van der Waals surface area (Å²) in [7, 11) is 0. The molecule has 1 aliphatic carbocycles. The summed E-state index contributed by atoms with van der Waals surface area (Å²) in [6.07, 6.45) is 9.16. The number of anilines is 1. The van der Waals surface area contributed by atoms with Crippen molar-refractivity contribution in [2.24, 2.45) is 0 Å². The van der Waals surface area contributed by atoms with Gasteiger partial charge in [0.15, 0.2) is 5.13 Å². The van der Waals surface area contributed by atoms with Crippen LogP contribution in [-0.4, -0.2) is 34.8 Å². The number of aromatic nitrogens is 1. The quantitative estimate of drug-likeness (QED) is 0.668. The first kappa shape index (κ1) is 19.9. The number of aryl methyl sites for hydroxylation is 2. The molecule has 1 aromatic heterocycles. The molecule has 0 saturated carbocycles. The molecule has 25 heavy (non-hydrogen) atoms. The maximum atomic E-state index is 12.2. The van der Waals surface area contributed by atoms with Crippen molar-refractivity contribution in [1.82, 2.24) is 9.88 Å². The van der Waals surface area contributed by atoms with E-state index in [2.05, 4.69) is 24.1 Å². The third-order valence-corrected chi connectivity index (χ3v) is 5.55. The minimum Gasteiger partial charge on any atom is -0.343 e. The summed E-state index contributed by atoms with van der Waals surface area (Å²) in [5.41, 5.74) is 1.17. The number of carbonyl (C=O) groups excluding carboxylic acids is 2. The van der Waals surface area contributed by atoms with E-state index >= 15 is 0 Å². The second-order valence-corrected chi connectivity index (χ2v) is 7.82. The number of rotatable bonds is 9. The minimum atomic E-state index is -0.0331. The molecule has 0 aromatic carbocycles. The zero-order valence-corrected chi connectivity index (χ0v) is 16.4. The normalized spacial score (nSPS) is 13.8. The Morgan fingerprint density at radius 3 is 2.52 bits per heavy atom. The van der Waals surface area contributed by atoms with Gasteiger partial charge in [-0.15, -0.1) is 11.3 Å². The maximum Gasteiger partial charge on any atom is 0.226 e. The molecule has 140 valence electrons. The summed E-state index contributed by atoms with van der Waals surface area (Å²) in [5, 5.41) is 3.64. The first-order valence-electron chi connectivity index (χ1n) is 9.70. The van der Waals surface area contributed by atoms with E-state index < -0.39 is 0 Å². The fourth-order valence-corrected chi connectivity index (χ4v) is 4.29. The molecule has 0 bridgehead atoms. The molecule has 0 aliphatic heterocycles. The van der Waals surface area contributed by atoms with Gasteiger partial charge in [0.05, 0.1) is 5.69 Å². The lowest BCUT2D eigenvalue weighted by atomic mass is 10.2. The van der Waals surface area contributed by atoms with E-state index in [1.54, 1.807) is 11.3 Å². The summed E-state index contributed by atoms with van der Waals surface area (Å²) >= 11 is 1.62. The fourth-order valence-electron chi connectivity index (χ4n) is 3.22. The minimum absolute atomic E-state index is 0.0331. The van der Waals surface area contributed by atoms with Gasteiger partial charge in [-0.3, -0.25) is 9.59 Å². The van der Waals surface area contributed by atoms with E-state index in [1.807, 2.05) is 4.90 Å². The summed E-state index contributed by atoms with van der Waals surface area (Å²) in [4.78, 5) is 32.2. The monoisotopic (exact) mass is 365 g/mol. The predicted molar refractivity (Wildman–Crippen MR) is 103 cm³/mol. The molecule has 1 heterocycles. The van der Waals surface area contributed by atoms with Crippen LogP contribution in [0.15, 0.2) is 0 Å². The molecule has 6 heteroatoms. The Hall–Kier alpha value is -1.43. The topological polar surface area (TPSA) is 62.3 Å². The van der Waals surface area contributed by atoms with E-state index in [0.29, 0.717) is 19.3 Å². The van der Waals surface area contributed by atoms with Gasteiger partial charge in [-0.2, -0.15) is 0 Å². The van der Waals surface area contributed by atoms with Gasteiger partial charge >= 0.3 is 0 Å². The number of thiazole rings is 1. The van der Waals surface area contributed by atoms with E-state index in [-0.39, 0.29) is 11.8 Å². The Bertz CT molecular complexity index is 542. The lowest BCUT2D eigenvalue weighted by Crippen LogP contribution is -2.32. The van der Waals surface area contributed by atoms with Gasteiger partial charge in [-0.25, -0.2) is 4.98 Å². The highest BCUT2D eigenvalue weighted by Crippen LogP contribution is 2.29. The summed E-state index contributed by atoms with van der Waals surface area (Å²) < 4.78 is 0. The van der Waals surface area contributed by atoms with Gasteiger partial charge in [0.1, 0.15) is 0 Å². The zero-order chi connectivity index (χ0) is 18.1. The van der Waals surface area contributed by atoms with Crippen molar-refractivity contribution in [2.75, 3.05) is 18.4 Å². The van der Waals surface area contributed by atoms with Crippen molar-refractivity contribution < 1.29 is 9.59 Å². The second kappa shape index (κ2) is 10.5. The van der Waals surface area contributed by atoms with Crippen LogP contribution in [0.1, 0.15) is 75.8 Å². The van der Waals surface area contributed by atoms with Gasteiger partial charge < -0.3 is 10.2 Å². The van der Waals surface area contributed by atoms with Crippen LogP contribution >= 0.6 is 11.3 Å². The highest BCUT2D eigenvalue weighted by Gasteiger charge is 2.16. The molecule has 0 radical (unpaired) electrons. The van der Waals surface area contributed by atoms with Crippen molar-refractivity contribution in [3.8, 4) is 0 Å². The molecule has 0 atom stereocenters. The lowest BCUT2D eigenvalue weighted by Gasteiger charge is -2.21. The van der Waals surface area contributed by atoms with Crippen LogP contribution in [0.25, 0.3) is 0 Å². The molecule has 2 amide bonds. The highest BCUT2D eigenvalue weighted by molar-refractivity contribution is 7.15. The van der Waals surface area contributed by atoms with Crippen molar-refractivity contribution >= 4 is 28.3 Å². The molecular formula is C19H31N3O2S. The van der Waals surface area contributed by atoms with Gasteiger partial charge in [0.2, 0.25) is 11.8 Å². The number of carbonyl (C=O) groups is 2. The van der Waals surface area contributed by atoms with Gasteiger partial charge in [-0.05, 0) is 44.9 Å². The van der Waals surface area contributed by atoms with Crippen molar-refractivity contribution in [2.45, 2.75) is 78.1 Å².